The molecule has 3 heterocycles. The van der Waals surface area contributed by atoms with E-state index < -0.39 is 10.8 Å². The number of nitrogens with one attached hydrogen (secondary N) is 1. The molecule has 0 fully saturated rings. The van der Waals surface area contributed by atoms with Crippen LogP contribution in [0, 0.1) is 24.0 Å². The van der Waals surface area contributed by atoms with Crippen molar-refractivity contribution in [1.29, 1.82) is 0 Å². The summed E-state index contributed by atoms with van der Waals surface area (Å²) in [6, 6.07) is 6.52. The molecule has 34 heavy (non-hydrogen) atoms. The number of carbonyl (C=O) groups is 1. The first-order valence-corrected chi connectivity index (χ1v) is 11.3. The maximum Gasteiger partial charge on any atom is 0.390 e. The van der Waals surface area contributed by atoms with Gasteiger partial charge in [-0.2, -0.15) is 9.78 Å². The van der Waals surface area contributed by atoms with Gasteiger partial charge in [0.05, 0.1) is 40.0 Å². The molecule has 4 rings (SSSR count). The number of carbonyl (C=O) groups excluding carboxylic acids is 1. The molecule has 11 nitrogen and oxygen atoms in total. The summed E-state index contributed by atoms with van der Waals surface area (Å²) in [7, 11) is 0. The molecule has 0 spiro atoms. The van der Waals surface area contributed by atoms with E-state index in [1.54, 1.807) is 42.9 Å². The monoisotopic (exact) mass is 567 g/mol. The maximum atomic E-state index is 13.0. The van der Waals surface area contributed by atoms with Gasteiger partial charge in [-0.05, 0) is 52.4 Å². The van der Waals surface area contributed by atoms with Crippen molar-refractivity contribution in [2.24, 2.45) is 0 Å². The van der Waals surface area contributed by atoms with E-state index in [1.165, 1.54) is 10.7 Å². The summed E-state index contributed by atoms with van der Waals surface area (Å²) in [5, 5.41) is 26.9. The summed E-state index contributed by atoms with van der Waals surface area (Å²) in [5.41, 5.74) is 1.83. The van der Waals surface area contributed by atoms with Crippen LogP contribution in [0.15, 0.2) is 39.5 Å². The number of aryl methyl sites for hydroxylation is 2. The zero-order valence-corrected chi connectivity index (χ0v) is 20.8. The summed E-state index contributed by atoms with van der Waals surface area (Å²) in [5.74, 6) is -0.174. The Balaban J connectivity index is 1.53. The molecule has 3 aromatic heterocycles. The van der Waals surface area contributed by atoms with Crippen LogP contribution in [-0.4, -0.2) is 35.5 Å². The molecule has 4 aromatic rings. The number of nitrogens with zero attached hydrogens (tertiary/aromatic N) is 6. The molecule has 0 bridgehead atoms. The van der Waals surface area contributed by atoms with E-state index in [0.717, 1.165) is 5.56 Å². The molecule has 0 saturated heterocycles. The molecule has 0 aliphatic carbocycles. The molecule has 0 unspecified atom stereocenters. The molecular weight excluding hydrogens is 553 g/mol. The molecule has 176 valence electrons. The van der Waals surface area contributed by atoms with Crippen molar-refractivity contribution >= 4 is 56.7 Å². The Bertz CT molecular complexity index is 1410. The smallest absolute Gasteiger partial charge is 0.361 e. The molecule has 1 N–H and O–H groups in total. The average molecular weight is 569 g/mol. The average Bonchev–Trinajstić information content (AvgIpc) is 3.43. The minimum atomic E-state index is -0.581. The van der Waals surface area contributed by atoms with Gasteiger partial charge in [0.15, 0.2) is 11.5 Å². The summed E-state index contributed by atoms with van der Waals surface area (Å²) in [6.07, 6.45) is 1.70. The SMILES string of the molecule is Cc1onc(C(=O)Nc2nn(Cc3ccc(Cl)cc3Cl)cc2Br)c1Cn1nc([N+](=O)[O-])cc1C. The van der Waals surface area contributed by atoms with Crippen molar-refractivity contribution in [2.75, 3.05) is 5.32 Å². The number of hydrogen-bond acceptors (Lipinski definition) is 7. The van der Waals surface area contributed by atoms with Crippen LogP contribution < -0.4 is 5.32 Å². The molecule has 1 amide bonds. The van der Waals surface area contributed by atoms with E-state index >= 15 is 0 Å². The second-order valence-corrected chi connectivity index (χ2v) is 9.04. The highest BCUT2D eigenvalue weighted by molar-refractivity contribution is 9.10. The van der Waals surface area contributed by atoms with Crippen LogP contribution in [0.3, 0.4) is 0 Å². The van der Waals surface area contributed by atoms with Crippen LogP contribution in [0.25, 0.3) is 0 Å². The Morgan fingerprint density at radius 1 is 1.24 bits per heavy atom. The minimum Gasteiger partial charge on any atom is -0.361 e. The lowest BCUT2D eigenvalue weighted by Gasteiger charge is -2.05. The summed E-state index contributed by atoms with van der Waals surface area (Å²) in [6.45, 7) is 3.75. The lowest BCUT2D eigenvalue weighted by atomic mass is 10.2. The minimum absolute atomic E-state index is 0.0252. The Labute approximate surface area is 210 Å². The second-order valence-electron chi connectivity index (χ2n) is 7.34. The standard InChI is InChI=1S/C20H16BrCl2N7O4/c1-10-5-17(30(32)33)25-29(10)8-14-11(2)34-27-18(14)20(31)24-19-15(21)9-28(26-19)7-12-3-4-13(22)6-16(12)23/h3-6,9H,7-8H2,1-2H3,(H,24,26,31). The van der Waals surface area contributed by atoms with E-state index in [2.05, 4.69) is 36.6 Å². The van der Waals surface area contributed by atoms with Crippen molar-refractivity contribution in [3.05, 3.63) is 83.4 Å². The number of nitro groups is 1. The highest BCUT2D eigenvalue weighted by Crippen LogP contribution is 2.26. The topological polar surface area (TPSA) is 134 Å². The number of aromatic nitrogens is 5. The Morgan fingerprint density at radius 3 is 2.68 bits per heavy atom. The van der Waals surface area contributed by atoms with Gasteiger partial charge in [-0.1, -0.05) is 34.4 Å². The van der Waals surface area contributed by atoms with Crippen LogP contribution >= 0.6 is 39.1 Å². The van der Waals surface area contributed by atoms with Crippen molar-refractivity contribution in [1.82, 2.24) is 24.7 Å². The molecule has 0 radical (unpaired) electrons. The first kappa shape index (κ1) is 23.9. The maximum absolute atomic E-state index is 13.0. The summed E-state index contributed by atoms with van der Waals surface area (Å²) >= 11 is 15.6. The molecule has 0 saturated carbocycles. The van der Waals surface area contributed by atoms with Crippen molar-refractivity contribution in [2.45, 2.75) is 26.9 Å². The number of hydrogen-bond donors (Lipinski definition) is 1. The first-order chi connectivity index (χ1) is 16.1. The van der Waals surface area contributed by atoms with Gasteiger partial charge < -0.3 is 20.0 Å². The normalized spacial score (nSPS) is 11.1. The van der Waals surface area contributed by atoms with Crippen LogP contribution in [0.5, 0.6) is 0 Å². The van der Waals surface area contributed by atoms with Gasteiger partial charge in [-0.25, -0.2) is 0 Å². The lowest BCUT2D eigenvalue weighted by Crippen LogP contribution is -2.17. The van der Waals surface area contributed by atoms with Gasteiger partial charge in [0.2, 0.25) is 0 Å². The highest BCUT2D eigenvalue weighted by atomic mass is 79.9. The van der Waals surface area contributed by atoms with Gasteiger partial charge in [0, 0.05) is 16.2 Å². The van der Waals surface area contributed by atoms with Gasteiger partial charge in [-0.3, -0.25) is 9.48 Å². The molecule has 14 heteroatoms. The van der Waals surface area contributed by atoms with Gasteiger partial charge >= 0.3 is 5.82 Å². The summed E-state index contributed by atoms with van der Waals surface area (Å²) in [4.78, 5) is 23.4. The highest BCUT2D eigenvalue weighted by Gasteiger charge is 2.25. The van der Waals surface area contributed by atoms with Crippen molar-refractivity contribution < 1.29 is 14.2 Å². The quantitative estimate of drug-likeness (QED) is 0.244. The number of amides is 1. The van der Waals surface area contributed by atoms with E-state index in [0.29, 0.717) is 38.1 Å². The zero-order chi connectivity index (χ0) is 24.6. The third kappa shape index (κ3) is 4.98. The Morgan fingerprint density at radius 2 is 2.00 bits per heavy atom. The first-order valence-electron chi connectivity index (χ1n) is 9.74. The number of benzene rings is 1. The largest absolute Gasteiger partial charge is 0.390 e. The van der Waals surface area contributed by atoms with Crippen molar-refractivity contribution in [3.63, 3.8) is 0 Å². The van der Waals surface area contributed by atoms with Crippen LogP contribution in [0.4, 0.5) is 11.6 Å². The second kappa shape index (κ2) is 9.57. The fourth-order valence-corrected chi connectivity index (χ4v) is 4.08. The van der Waals surface area contributed by atoms with Crippen LogP contribution in [0.2, 0.25) is 10.0 Å². The number of rotatable bonds is 7. The fourth-order valence-electron chi connectivity index (χ4n) is 3.20. The van der Waals surface area contributed by atoms with Gasteiger partial charge in [0.25, 0.3) is 5.91 Å². The van der Waals surface area contributed by atoms with Crippen LogP contribution in [0.1, 0.15) is 33.1 Å². The van der Waals surface area contributed by atoms with E-state index in [4.69, 9.17) is 27.7 Å². The third-order valence-electron chi connectivity index (χ3n) is 4.96. The molecule has 1 aromatic carbocycles. The molecule has 0 atom stereocenters. The van der Waals surface area contributed by atoms with E-state index in [1.807, 2.05) is 0 Å². The number of halogens is 3. The predicted molar refractivity (Wildman–Crippen MR) is 127 cm³/mol. The molecule has 0 aliphatic rings. The van der Waals surface area contributed by atoms with Crippen LogP contribution in [-0.2, 0) is 13.1 Å². The molecular formula is C20H16BrCl2N7O4. The Kier molecular flexibility index (Phi) is 6.73. The summed E-state index contributed by atoms with van der Waals surface area (Å²) < 4.78 is 8.78. The van der Waals surface area contributed by atoms with E-state index in [9.17, 15) is 14.9 Å². The Hall–Kier alpha value is -3.22. The number of anilines is 1. The lowest BCUT2D eigenvalue weighted by molar-refractivity contribution is -0.389. The predicted octanol–water partition coefficient (Wildman–Crippen LogP) is 5.01. The van der Waals surface area contributed by atoms with Crippen molar-refractivity contribution in [3.8, 4) is 0 Å². The third-order valence-corrected chi connectivity index (χ3v) is 6.13. The van der Waals surface area contributed by atoms with Gasteiger partial charge in [0.1, 0.15) is 5.76 Å². The van der Waals surface area contributed by atoms with Gasteiger partial charge in [-0.15, -0.1) is 0 Å². The fraction of sp³-hybridized carbons (Fsp3) is 0.200. The zero-order valence-electron chi connectivity index (χ0n) is 17.8. The van der Waals surface area contributed by atoms with E-state index in [-0.39, 0.29) is 23.9 Å². The molecule has 0 aliphatic heterocycles.